The molecule has 3 aromatic rings. The van der Waals surface area contributed by atoms with Crippen molar-refractivity contribution in [2.24, 2.45) is 0 Å². The van der Waals surface area contributed by atoms with Gasteiger partial charge in [-0.25, -0.2) is 18.2 Å². The van der Waals surface area contributed by atoms with E-state index in [0.29, 0.717) is 10.5 Å². The van der Waals surface area contributed by atoms with E-state index in [2.05, 4.69) is 11.6 Å². The molecule has 1 atom stereocenters. The number of allylic oxidation sites excluding steroid dienone is 1. The molecule has 0 unspecified atom stereocenters. The molecule has 8 heteroatoms. The van der Waals surface area contributed by atoms with Gasteiger partial charge in [-0.15, -0.1) is 11.3 Å². The molecule has 0 aliphatic carbocycles. The van der Waals surface area contributed by atoms with Crippen LogP contribution in [-0.2, 0) is 19.4 Å². The predicted octanol–water partition coefficient (Wildman–Crippen LogP) is 5.14. The molecule has 0 N–H and O–H groups in total. The van der Waals surface area contributed by atoms with Crippen molar-refractivity contribution >= 4 is 49.0 Å². The lowest BCUT2D eigenvalue weighted by Crippen LogP contribution is -2.12. The molecule has 0 amide bonds. The third kappa shape index (κ3) is 4.93. The summed E-state index contributed by atoms with van der Waals surface area (Å²) in [7, 11) is -2.43. The lowest BCUT2D eigenvalue weighted by atomic mass is 9.89. The number of aromatic nitrogens is 1. The van der Waals surface area contributed by atoms with E-state index in [-0.39, 0.29) is 16.3 Å². The Labute approximate surface area is 178 Å². The molecule has 5 nitrogen and oxygen atoms in total. The van der Waals surface area contributed by atoms with Crippen molar-refractivity contribution in [1.29, 1.82) is 0 Å². The number of sulfone groups is 1. The molecule has 0 fully saturated rings. The van der Waals surface area contributed by atoms with Crippen molar-refractivity contribution < 1.29 is 17.9 Å². The minimum atomic E-state index is -3.70. The summed E-state index contributed by atoms with van der Waals surface area (Å²) in [6.45, 7) is 3.82. The second kappa shape index (κ2) is 8.90. The Kier molecular flexibility index (Phi) is 6.52. The largest absolute Gasteiger partial charge is 0.466 e. The Hall–Kier alpha value is -2.48. The Balaban J connectivity index is 1.86. The number of esters is 1. The van der Waals surface area contributed by atoms with Crippen molar-refractivity contribution in [3.8, 4) is 0 Å². The highest BCUT2D eigenvalue weighted by Gasteiger charge is 2.22. The van der Waals surface area contributed by atoms with Crippen molar-refractivity contribution in [2.75, 3.05) is 7.11 Å². The standard InChI is InChI=1S/C21H18ClNO4S2/c1-14(20(24)27-2)17(15-7-5-8-16(22)13-15)9-6-12-29(25,26)21-23-18-10-3-4-11-19(18)28-21/h3-8,10-13,17H,1,9H2,2H3/b12-6+/t17-/m0/s1. The van der Waals surface area contributed by atoms with Crippen LogP contribution in [0.1, 0.15) is 17.9 Å². The summed E-state index contributed by atoms with van der Waals surface area (Å²) in [5.74, 6) is -1.03. The van der Waals surface area contributed by atoms with Crippen LogP contribution in [0.3, 0.4) is 0 Å². The molecule has 0 saturated heterocycles. The third-order valence-electron chi connectivity index (χ3n) is 4.28. The van der Waals surface area contributed by atoms with Crippen LogP contribution in [0.4, 0.5) is 0 Å². The number of halogens is 1. The fourth-order valence-corrected chi connectivity index (χ4v) is 5.33. The molecule has 29 heavy (non-hydrogen) atoms. The van der Waals surface area contributed by atoms with Gasteiger partial charge in [0.25, 0.3) is 0 Å². The summed E-state index contributed by atoms with van der Waals surface area (Å²) in [5.41, 5.74) is 1.60. The fourth-order valence-electron chi connectivity index (χ4n) is 2.83. The Morgan fingerprint density at radius 1 is 1.28 bits per heavy atom. The normalized spacial score (nSPS) is 12.9. The summed E-state index contributed by atoms with van der Waals surface area (Å²) >= 11 is 7.18. The van der Waals surface area contributed by atoms with E-state index in [0.717, 1.165) is 27.0 Å². The van der Waals surface area contributed by atoms with Gasteiger partial charge in [-0.05, 0) is 36.2 Å². The summed E-state index contributed by atoms with van der Waals surface area (Å²) < 4.78 is 30.9. The van der Waals surface area contributed by atoms with Gasteiger partial charge in [-0.3, -0.25) is 0 Å². The minimum Gasteiger partial charge on any atom is -0.466 e. The highest BCUT2D eigenvalue weighted by molar-refractivity contribution is 7.96. The number of ether oxygens (including phenoxy) is 1. The van der Waals surface area contributed by atoms with Crippen LogP contribution in [0.15, 0.2) is 76.5 Å². The summed E-state index contributed by atoms with van der Waals surface area (Å²) in [5, 5.41) is 1.63. The van der Waals surface area contributed by atoms with E-state index in [1.165, 1.54) is 13.2 Å². The Bertz CT molecular complexity index is 1170. The topological polar surface area (TPSA) is 73.3 Å². The first-order valence-corrected chi connectivity index (χ1v) is 11.4. The van der Waals surface area contributed by atoms with E-state index >= 15 is 0 Å². The molecule has 1 aromatic heterocycles. The monoisotopic (exact) mass is 447 g/mol. The Morgan fingerprint density at radius 2 is 2.03 bits per heavy atom. The second-order valence-corrected chi connectivity index (χ2v) is 9.70. The summed E-state index contributed by atoms with van der Waals surface area (Å²) in [4.78, 5) is 16.2. The van der Waals surface area contributed by atoms with Gasteiger partial charge in [-0.2, -0.15) is 0 Å². The van der Waals surface area contributed by atoms with E-state index in [4.69, 9.17) is 16.3 Å². The van der Waals surface area contributed by atoms with E-state index in [1.807, 2.05) is 18.2 Å². The number of carbonyl (C=O) groups excluding carboxylic acids is 1. The quantitative estimate of drug-likeness (QED) is 0.370. The van der Waals surface area contributed by atoms with E-state index in [9.17, 15) is 13.2 Å². The van der Waals surface area contributed by atoms with Gasteiger partial charge in [0, 0.05) is 21.9 Å². The molecule has 2 aromatic carbocycles. The van der Waals surface area contributed by atoms with Crippen molar-refractivity contribution in [2.45, 2.75) is 16.7 Å². The molecule has 0 aliphatic heterocycles. The predicted molar refractivity (Wildman–Crippen MR) is 116 cm³/mol. The van der Waals surface area contributed by atoms with Crippen LogP contribution in [0, 0.1) is 0 Å². The lowest BCUT2D eigenvalue weighted by molar-refractivity contribution is -0.136. The van der Waals surface area contributed by atoms with Crippen LogP contribution >= 0.6 is 22.9 Å². The zero-order chi connectivity index (χ0) is 21.0. The number of methoxy groups -OCH3 is 1. The van der Waals surface area contributed by atoms with Crippen LogP contribution in [0.2, 0.25) is 5.02 Å². The van der Waals surface area contributed by atoms with E-state index < -0.39 is 21.7 Å². The SMILES string of the molecule is C=C(C(=O)OC)[C@H](C/C=C/S(=O)(=O)c1nc2ccccc2s1)c1cccc(Cl)c1. The molecule has 1 heterocycles. The molecule has 0 saturated carbocycles. The number of thiazole rings is 1. The van der Waals surface area contributed by atoms with Gasteiger partial charge in [0.05, 0.1) is 17.3 Å². The summed E-state index contributed by atoms with van der Waals surface area (Å²) in [6, 6.07) is 14.2. The van der Waals surface area contributed by atoms with Gasteiger partial charge in [0.15, 0.2) is 0 Å². The lowest BCUT2D eigenvalue weighted by Gasteiger charge is -2.17. The molecule has 0 aliphatic rings. The molecular formula is C21H18ClNO4S2. The number of rotatable bonds is 7. The molecule has 0 radical (unpaired) electrons. The van der Waals surface area contributed by atoms with Crippen LogP contribution < -0.4 is 0 Å². The average molecular weight is 448 g/mol. The molecule has 3 rings (SSSR count). The third-order valence-corrected chi connectivity index (χ3v) is 7.43. The van der Waals surface area contributed by atoms with Crippen LogP contribution in [-0.4, -0.2) is 26.5 Å². The first kappa shape index (κ1) is 21.2. The maximum atomic E-state index is 12.7. The first-order valence-electron chi connectivity index (χ1n) is 8.61. The van der Waals surface area contributed by atoms with Crippen LogP contribution in [0.5, 0.6) is 0 Å². The number of hydrogen-bond acceptors (Lipinski definition) is 6. The Morgan fingerprint density at radius 3 is 2.72 bits per heavy atom. The first-order chi connectivity index (χ1) is 13.8. The molecule has 0 bridgehead atoms. The average Bonchev–Trinajstić information content (AvgIpc) is 3.15. The van der Waals surface area contributed by atoms with Crippen molar-refractivity contribution in [3.63, 3.8) is 0 Å². The minimum absolute atomic E-state index is 0.0288. The van der Waals surface area contributed by atoms with Gasteiger partial charge in [0.2, 0.25) is 14.2 Å². The maximum Gasteiger partial charge on any atom is 0.333 e. The van der Waals surface area contributed by atoms with Crippen LogP contribution in [0.25, 0.3) is 10.2 Å². The highest BCUT2D eigenvalue weighted by atomic mass is 35.5. The number of fused-ring (bicyclic) bond motifs is 1. The van der Waals surface area contributed by atoms with Gasteiger partial charge in [0.1, 0.15) is 0 Å². The van der Waals surface area contributed by atoms with Crippen molar-refractivity contribution in [3.05, 3.63) is 82.8 Å². The second-order valence-electron chi connectivity index (χ2n) is 6.22. The number of nitrogens with zero attached hydrogens (tertiary/aromatic N) is 1. The maximum absolute atomic E-state index is 12.7. The number of benzene rings is 2. The van der Waals surface area contributed by atoms with Gasteiger partial charge in [-0.1, -0.05) is 48.5 Å². The highest BCUT2D eigenvalue weighted by Crippen LogP contribution is 2.31. The number of carbonyl (C=O) groups is 1. The number of hydrogen-bond donors (Lipinski definition) is 0. The van der Waals surface area contributed by atoms with Gasteiger partial charge < -0.3 is 4.74 Å². The van der Waals surface area contributed by atoms with E-state index in [1.54, 1.807) is 30.3 Å². The molecule has 150 valence electrons. The van der Waals surface area contributed by atoms with Gasteiger partial charge >= 0.3 is 5.97 Å². The summed E-state index contributed by atoms with van der Waals surface area (Å²) in [6.07, 6.45) is 1.74. The number of para-hydroxylation sites is 1. The molecular weight excluding hydrogens is 430 g/mol. The molecule has 0 spiro atoms. The fraction of sp³-hybridized carbons (Fsp3) is 0.143. The smallest absolute Gasteiger partial charge is 0.333 e. The zero-order valence-corrected chi connectivity index (χ0v) is 17.9. The zero-order valence-electron chi connectivity index (χ0n) is 15.5. The van der Waals surface area contributed by atoms with Crippen molar-refractivity contribution in [1.82, 2.24) is 4.98 Å².